The van der Waals surface area contributed by atoms with Crippen LogP contribution < -0.4 is 16.0 Å². The van der Waals surface area contributed by atoms with E-state index in [4.69, 9.17) is 0 Å². The van der Waals surface area contributed by atoms with Gasteiger partial charge in [0.05, 0.1) is 7.11 Å². The van der Waals surface area contributed by atoms with Gasteiger partial charge in [-0.2, -0.15) is 0 Å². The first-order valence-electron chi connectivity index (χ1n) is 7.86. The molecule has 1 aliphatic heterocycles. The maximum Gasteiger partial charge on any atom is 0.411 e. The van der Waals surface area contributed by atoms with Gasteiger partial charge in [-0.3, -0.25) is 10.1 Å². The predicted molar refractivity (Wildman–Crippen MR) is 89.9 cm³/mol. The lowest BCUT2D eigenvalue weighted by atomic mass is 10.3. The fraction of sp³-hybridized carbons (Fsp3) is 0.438. The lowest BCUT2D eigenvalue weighted by Gasteiger charge is -2.15. The van der Waals surface area contributed by atoms with Gasteiger partial charge in [-0.1, -0.05) is 6.07 Å². The standard InChI is InChI=1S/C16H22N4O4/c1-24-16(23)19-13-6-2-5-12(11-13)18-15(22)17-8-4-10-20-9-3-7-14(20)21/h2,5-6,11H,3-4,7-10H2,1H3,(H,19,23)(H2,17,18,22). The fourth-order valence-corrected chi connectivity index (χ4v) is 2.43. The summed E-state index contributed by atoms with van der Waals surface area (Å²) in [5.41, 5.74) is 1.07. The quantitative estimate of drug-likeness (QED) is 0.693. The number of hydrogen-bond donors (Lipinski definition) is 3. The van der Waals surface area contributed by atoms with Crippen molar-refractivity contribution in [2.45, 2.75) is 19.3 Å². The van der Waals surface area contributed by atoms with Gasteiger partial charge in [-0.05, 0) is 31.0 Å². The zero-order valence-electron chi connectivity index (χ0n) is 13.6. The summed E-state index contributed by atoms with van der Waals surface area (Å²) in [5, 5.41) is 7.95. The third kappa shape index (κ3) is 5.45. The lowest BCUT2D eigenvalue weighted by Crippen LogP contribution is -2.33. The van der Waals surface area contributed by atoms with Crippen LogP contribution in [0.15, 0.2) is 24.3 Å². The number of amides is 4. The van der Waals surface area contributed by atoms with Gasteiger partial charge in [0.2, 0.25) is 5.91 Å². The second-order valence-corrected chi connectivity index (χ2v) is 5.42. The molecule has 1 fully saturated rings. The molecule has 1 heterocycles. The molecule has 1 saturated heterocycles. The summed E-state index contributed by atoms with van der Waals surface area (Å²) >= 11 is 0. The number of anilines is 2. The van der Waals surface area contributed by atoms with Crippen LogP contribution in [0.2, 0.25) is 0 Å². The van der Waals surface area contributed by atoms with Crippen molar-refractivity contribution >= 4 is 29.4 Å². The second-order valence-electron chi connectivity index (χ2n) is 5.42. The Balaban J connectivity index is 1.71. The molecule has 1 aliphatic rings. The number of nitrogens with one attached hydrogen (secondary N) is 3. The van der Waals surface area contributed by atoms with Crippen LogP contribution >= 0.6 is 0 Å². The molecule has 8 nitrogen and oxygen atoms in total. The third-order valence-corrected chi connectivity index (χ3v) is 3.61. The van der Waals surface area contributed by atoms with Crippen LogP contribution in [0, 0.1) is 0 Å². The Morgan fingerprint density at radius 2 is 2.00 bits per heavy atom. The molecule has 0 spiro atoms. The molecule has 24 heavy (non-hydrogen) atoms. The Bertz CT molecular complexity index is 605. The number of urea groups is 1. The lowest BCUT2D eigenvalue weighted by molar-refractivity contribution is -0.127. The Labute approximate surface area is 140 Å². The van der Waals surface area contributed by atoms with Crippen molar-refractivity contribution in [2.24, 2.45) is 0 Å². The Hall–Kier alpha value is -2.77. The smallest absolute Gasteiger partial charge is 0.411 e. The Morgan fingerprint density at radius 3 is 2.67 bits per heavy atom. The van der Waals surface area contributed by atoms with Crippen molar-refractivity contribution in [3.8, 4) is 0 Å². The van der Waals surface area contributed by atoms with E-state index in [2.05, 4.69) is 20.7 Å². The fourth-order valence-electron chi connectivity index (χ4n) is 2.43. The largest absolute Gasteiger partial charge is 0.453 e. The van der Waals surface area contributed by atoms with E-state index >= 15 is 0 Å². The van der Waals surface area contributed by atoms with Crippen LogP contribution in [0.4, 0.5) is 21.0 Å². The topological polar surface area (TPSA) is 99.8 Å². The number of nitrogens with zero attached hydrogens (tertiary/aromatic N) is 1. The molecular formula is C16H22N4O4. The molecule has 0 aliphatic carbocycles. The molecule has 1 aromatic carbocycles. The highest BCUT2D eigenvalue weighted by molar-refractivity contribution is 5.91. The number of hydrogen-bond acceptors (Lipinski definition) is 4. The van der Waals surface area contributed by atoms with Crippen molar-refractivity contribution in [3.63, 3.8) is 0 Å². The number of carbonyl (C=O) groups is 3. The van der Waals surface area contributed by atoms with Crippen LogP contribution in [0.1, 0.15) is 19.3 Å². The summed E-state index contributed by atoms with van der Waals surface area (Å²) in [6.07, 6.45) is 1.68. The highest BCUT2D eigenvalue weighted by Gasteiger charge is 2.18. The van der Waals surface area contributed by atoms with Crippen molar-refractivity contribution < 1.29 is 19.1 Å². The molecule has 0 saturated carbocycles. The van der Waals surface area contributed by atoms with Crippen LogP contribution in [0.5, 0.6) is 0 Å². The highest BCUT2D eigenvalue weighted by atomic mass is 16.5. The van der Waals surface area contributed by atoms with E-state index in [-0.39, 0.29) is 11.9 Å². The summed E-state index contributed by atoms with van der Waals surface area (Å²) in [4.78, 5) is 36.3. The maximum absolute atomic E-state index is 11.8. The van der Waals surface area contributed by atoms with Gasteiger partial charge in [0.15, 0.2) is 0 Å². The molecule has 3 N–H and O–H groups in total. The second kappa shape index (κ2) is 8.76. The average Bonchev–Trinajstić information content (AvgIpc) is 2.97. The van der Waals surface area contributed by atoms with E-state index in [1.807, 2.05) is 4.90 Å². The molecule has 0 radical (unpaired) electrons. The molecule has 0 unspecified atom stereocenters. The van der Waals surface area contributed by atoms with E-state index in [0.717, 1.165) is 13.0 Å². The highest BCUT2D eigenvalue weighted by Crippen LogP contribution is 2.15. The molecular weight excluding hydrogens is 312 g/mol. The summed E-state index contributed by atoms with van der Waals surface area (Å²) in [7, 11) is 1.28. The number of likely N-dealkylation sites (tertiary alicyclic amines) is 1. The zero-order chi connectivity index (χ0) is 17.4. The van der Waals surface area contributed by atoms with Crippen LogP contribution in [0.25, 0.3) is 0 Å². The van der Waals surface area contributed by atoms with Crippen LogP contribution in [-0.4, -0.2) is 49.7 Å². The minimum atomic E-state index is -0.576. The summed E-state index contributed by atoms with van der Waals surface area (Å²) in [6, 6.07) is 6.40. The van der Waals surface area contributed by atoms with Crippen molar-refractivity contribution in [3.05, 3.63) is 24.3 Å². The van der Waals surface area contributed by atoms with Gasteiger partial charge in [0, 0.05) is 37.4 Å². The van der Waals surface area contributed by atoms with Crippen molar-refractivity contribution in [1.29, 1.82) is 0 Å². The predicted octanol–water partition coefficient (Wildman–Crippen LogP) is 2.00. The van der Waals surface area contributed by atoms with Crippen molar-refractivity contribution in [1.82, 2.24) is 10.2 Å². The molecule has 4 amide bonds. The number of ether oxygens (including phenoxy) is 1. The van der Waals surface area contributed by atoms with Gasteiger partial charge >= 0.3 is 12.1 Å². The molecule has 0 atom stereocenters. The van der Waals surface area contributed by atoms with Gasteiger partial charge in [-0.25, -0.2) is 9.59 Å². The first kappa shape index (κ1) is 17.6. The zero-order valence-corrected chi connectivity index (χ0v) is 13.6. The molecule has 130 valence electrons. The number of benzene rings is 1. The first-order valence-corrected chi connectivity index (χ1v) is 7.86. The van der Waals surface area contributed by atoms with Crippen LogP contribution in [0.3, 0.4) is 0 Å². The normalized spacial score (nSPS) is 13.5. The molecule has 1 aromatic rings. The van der Waals surface area contributed by atoms with E-state index in [9.17, 15) is 14.4 Å². The minimum absolute atomic E-state index is 0.189. The van der Waals surface area contributed by atoms with Gasteiger partial charge < -0.3 is 20.3 Å². The summed E-state index contributed by atoms with van der Waals surface area (Å²) in [6.45, 7) is 1.96. The van der Waals surface area contributed by atoms with Gasteiger partial charge in [0.25, 0.3) is 0 Å². The van der Waals surface area contributed by atoms with E-state index < -0.39 is 6.09 Å². The minimum Gasteiger partial charge on any atom is -0.453 e. The van der Waals surface area contributed by atoms with Gasteiger partial charge in [-0.15, -0.1) is 0 Å². The van der Waals surface area contributed by atoms with E-state index in [0.29, 0.717) is 37.3 Å². The van der Waals surface area contributed by atoms with Crippen LogP contribution in [-0.2, 0) is 9.53 Å². The summed E-state index contributed by atoms with van der Waals surface area (Å²) < 4.78 is 4.51. The average molecular weight is 334 g/mol. The van der Waals surface area contributed by atoms with E-state index in [1.54, 1.807) is 24.3 Å². The monoisotopic (exact) mass is 334 g/mol. The first-order chi connectivity index (χ1) is 11.6. The molecule has 8 heteroatoms. The Kier molecular flexibility index (Phi) is 6.41. The van der Waals surface area contributed by atoms with Crippen molar-refractivity contribution in [2.75, 3.05) is 37.4 Å². The summed E-state index contributed by atoms with van der Waals surface area (Å²) in [5.74, 6) is 0.189. The maximum atomic E-state index is 11.8. The molecule has 0 bridgehead atoms. The Morgan fingerprint density at radius 1 is 1.25 bits per heavy atom. The third-order valence-electron chi connectivity index (χ3n) is 3.61. The number of rotatable bonds is 6. The molecule has 2 rings (SSSR count). The molecule has 0 aromatic heterocycles. The number of methoxy groups -OCH3 is 1. The number of carbonyl (C=O) groups excluding carboxylic acids is 3. The van der Waals surface area contributed by atoms with Gasteiger partial charge in [0.1, 0.15) is 0 Å². The van der Waals surface area contributed by atoms with E-state index in [1.165, 1.54) is 7.11 Å². The SMILES string of the molecule is COC(=O)Nc1cccc(NC(=O)NCCCN2CCCC2=O)c1.